The van der Waals surface area contributed by atoms with E-state index in [0.29, 0.717) is 17.9 Å². The van der Waals surface area contributed by atoms with E-state index in [9.17, 15) is 0 Å². The van der Waals surface area contributed by atoms with Gasteiger partial charge in [-0.2, -0.15) is 0 Å². The Kier molecular flexibility index (Phi) is 2.20. The molecule has 0 radical (unpaired) electrons. The highest BCUT2D eigenvalue weighted by atomic mass is 16.4. The minimum absolute atomic E-state index is 0.452. The van der Waals surface area contributed by atoms with E-state index in [4.69, 9.17) is 4.42 Å². The van der Waals surface area contributed by atoms with Crippen LogP contribution in [-0.4, -0.2) is 16.2 Å². The fourth-order valence-electron chi connectivity index (χ4n) is 1.61. The monoisotopic (exact) mass is 181 g/mol. The molecule has 1 aliphatic carbocycles. The first-order chi connectivity index (χ1) is 6.25. The fourth-order valence-corrected chi connectivity index (χ4v) is 1.61. The summed E-state index contributed by atoms with van der Waals surface area (Å²) in [4.78, 5) is 0. The lowest BCUT2D eigenvalue weighted by Gasteiger charge is -2.31. The quantitative estimate of drug-likeness (QED) is 0.774. The third-order valence-corrected chi connectivity index (χ3v) is 2.73. The zero-order valence-corrected chi connectivity index (χ0v) is 8.08. The van der Waals surface area contributed by atoms with Crippen molar-refractivity contribution in [3.63, 3.8) is 0 Å². The number of anilines is 1. The van der Waals surface area contributed by atoms with Gasteiger partial charge in [0.25, 0.3) is 0 Å². The Hall–Kier alpha value is -1.06. The maximum atomic E-state index is 5.24. The van der Waals surface area contributed by atoms with Crippen LogP contribution in [0.4, 0.5) is 6.01 Å². The number of hydrogen-bond donors (Lipinski definition) is 1. The van der Waals surface area contributed by atoms with E-state index in [1.165, 1.54) is 19.3 Å². The van der Waals surface area contributed by atoms with Gasteiger partial charge in [-0.05, 0) is 25.7 Å². The van der Waals surface area contributed by atoms with E-state index in [1.54, 1.807) is 6.92 Å². The van der Waals surface area contributed by atoms with E-state index in [0.717, 1.165) is 5.92 Å². The third kappa shape index (κ3) is 1.82. The fraction of sp³-hybridized carbons (Fsp3) is 0.778. The summed E-state index contributed by atoms with van der Waals surface area (Å²) in [6, 6.07) is 1.01. The minimum atomic E-state index is 0.452. The lowest BCUT2D eigenvalue weighted by Crippen LogP contribution is -2.30. The summed E-state index contributed by atoms with van der Waals surface area (Å²) < 4.78 is 5.24. The Morgan fingerprint density at radius 3 is 2.69 bits per heavy atom. The normalized spacial score (nSPS) is 19.5. The van der Waals surface area contributed by atoms with Crippen LogP contribution < -0.4 is 5.32 Å². The Bertz CT molecular complexity index is 280. The van der Waals surface area contributed by atoms with Gasteiger partial charge in [0.05, 0.1) is 0 Å². The number of nitrogens with zero attached hydrogens (tertiary/aromatic N) is 2. The molecule has 1 aromatic heterocycles. The molecule has 1 N–H and O–H groups in total. The number of aryl methyl sites for hydroxylation is 1. The van der Waals surface area contributed by atoms with Crippen molar-refractivity contribution in [3.05, 3.63) is 5.89 Å². The molecule has 0 aromatic carbocycles. The molecule has 1 saturated carbocycles. The topological polar surface area (TPSA) is 51.0 Å². The summed E-state index contributed by atoms with van der Waals surface area (Å²) >= 11 is 0. The Morgan fingerprint density at radius 1 is 1.46 bits per heavy atom. The van der Waals surface area contributed by atoms with Crippen LogP contribution in [0.5, 0.6) is 0 Å². The maximum Gasteiger partial charge on any atom is 0.315 e. The van der Waals surface area contributed by atoms with Crippen LogP contribution in [0.1, 0.15) is 32.1 Å². The molecule has 0 unspecified atom stereocenters. The molecule has 4 nitrogen and oxygen atoms in total. The Balaban J connectivity index is 1.89. The van der Waals surface area contributed by atoms with Crippen LogP contribution in [0.3, 0.4) is 0 Å². The van der Waals surface area contributed by atoms with Gasteiger partial charge in [-0.25, -0.2) is 0 Å². The lowest BCUT2D eigenvalue weighted by molar-refractivity contribution is 0.282. The average molecular weight is 181 g/mol. The van der Waals surface area contributed by atoms with Crippen molar-refractivity contribution in [2.45, 2.75) is 39.2 Å². The predicted molar refractivity (Wildman–Crippen MR) is 49.5 cm³/mol. The first-order valence-electron chi connectivity index (χ1n) is 4.82. The van der Waals surface area contributed by atoms with E-state index >= 15 is 0 Å². The van der Waals surface area contributed by atoms with Crippen molar-refractivity contribution in [2.24, 2.45) is 5.92 Å². The van der Waals surface area contributed by atoms with Crippen molar-refractivity contribution in [2.75, 3.05) is 5.32 Å². The van der Waals surface area contributed by atoms with Crippen molar-refractivity contribution in [1.82, 2.24) is 10.2 Å². The van der Waals surface area contributed by atoms with Gasteiger partial charge in [0.2, 0.25) is 5.89 Å². The molecule has 1 aromatic rings. The highest BCUT2D eigenvalue weighted by molar-refractivity contribution is 5.19. The minimum Gasteiger partial charge on any atom is -0.408 e. The standard InChI is InChI=1S/C9H15N3O/c1-6(8-4-3-5-8)10-9-12-11-7(2)13-9/h6,8H,3-5H2,1-2H3,(H,10,12)/t6-/m0/s1. The van der Waals surface area contributed by atoms with Crippen LogP contribution in [0.15, 0.2) is 4.42 Å². The summed E-state index contributed by atoms with van der Waals surface area (Å²) in [6.45, 7) is 3.97. The molecule has 1 heterocycles. The molecule has 0 spiro atoms. The summed E-state index contributed by atoms with van der Waals surface area (Å²) in [5.74, 6) is 1.40. The molecule has 4 heteroatoms. The number of nitrogens with one attached hydrogen (secondary N) is 1. The molecule has 0 amide bonds. The van der Waals surface area contributed by atoms with Crippen LogP contribution in [-0.2, 0) is 0 Å². The van der Waals surface area contributed by atoms with Gasteiger partial charge >= 0.3 is 6.01 Å². The first kappa shape index (κ1) is 8.53. The van der Waals surface area contributed by atoms with Gasteiger partial charge in [-0.1, -0.05) is 11.5 Å². The molecule has 0 bridgehead atoms. The van der Waals surface area contributed by atoms with Gasteiger partial charge in [0.1, 0.15) is 0 Å². The molecule has 2 rings (SSSR count). The van der Waals surface area contributed by atoms with E-state index in [1.807, 2.05) is 0 Å². The number of rotatable bonds is 3. The first-order valence-corrected chi connectivity index (χ1v) is 4.82. The predicted octanol–water partition coefficient (Wildman–Crippen LogP) is 1.98. The van der Waals surface area contributed by atoms with Crippen molar-refractivity contribution < 1.29 is 4.42 Å². The lowest BCUT2D eigenvalue weighted by atomic mass is 9.80. The van der Waals surface area contributed by atoms with E-state index in [2.05, 4.69) is 22.4 Å². The second-order valence-corrected chi connectivity index (χ2v) is 3.75. The Labute approximate surface area is 77.7 Å². The zero-order valence-electron chi connectivity index (χ0n) is 8.08. The summed E-state index contributed by atoms with van der Waals surface area (Å²) in [5, 5.41) is 10.9. The van der Waals surface area contributed by atoms with Crippen LogP contribution in [0.25, 0.3) is 0 Å². The van der Waals surface area contributed by atoms with Gasteiger partial charge < -0.3 is 9.73 Å². The van der Waals surface area contributed by atoms with E-state index < -0.39 is 0 Å². The highest BCUT2D eigenvalue weighted by Crippen LogP contribution is 2.30. The van der Waals surface area contributed by atoms with Crippen molar-refractivity contribution >= 4 is 6.01 Å². The summed E-state index contributed by atoms with van der Waals surface area (Å²) in [6.07, 6.45) is 4.00. The van der Waals surface area contributed by atoms with Gasteiger partial charge in [-0.15, -0.1) is 5.10 Å². The van der Waals surface area contributed by atoms with Crippen molar-refractivity contribution in [3.8, 4) is 0 Å². The van der Waals surface area contributed by atoms with Crippen molar-refractivity contribution in [1.29, 1.82) is 0 Å². The zero-order chi connectivity index (χ0) is 9.26. The smallest absolute Gasteiger partial charge is 0.315 e. The van der Waals surface area contributed by atoms with Gasteiger partial charge in [0, 0.05) is 13.0 Å². The SMILES string of the molecule is Cc1nnc(N[C@@H](C)C2CCC2)o1. The maximum absolute atomic E-state index is 5.24. The molecular formula is C9H15N3O. The van der Waals surface area contributed by atoms with Gasteiger partial charge in [-0.3, -0.25) is 0 Å². The molecular weight excluding hydrogens is 166 g/mol. The largest absolute Gasteiger partial charge is 0.408 e. The van der Waals surface area contributed by atoms with Crippen LogP contribution >= 0.6 is 0 Å². The molecule has 0 saturated heterocycles. The molecule has 0 aliphatic heterocycles. The average Bonchev–Trinajstić information content (AvgIpc) is 2.31. The van der Waals surface area contributed by atoms with Crippen LogP contribution in [0, 0.1) is 12.8 Å². The second-order valence-electron chi connectivity index (χ2n) is 3.75. The molecule has 1 aliphatic rings. The molecule has 13 heavy (non-hydrogen) atoms. The summed E-state index contributed by atoms with van der Waals surface area (Å²) in [5.41, 5.74) is 0. The van der Waals surface area contributed by atoms with E-state index in [-0.39, 0.29) is 0 Å². The number of aromatic nitrogens is 2. The Morgan fingerprint density at radius 2 is 2.23 bits per heavy atom. The third-order valence-electron chi connectivity index (χ3n) is 2.73. The van der Waals surface area contributed by atoms with Gasteiger partial charge in [0.15, 0.2) is 0 Å². The highest BCUT2D eigenvalue weighted by Gasteiger charge is 2.24. The summed E-state index contributed by atoms with van der Waals surface area (Å²) in [7, 11) is 0. The number of hydrogen-bond acceptors (Lipinski definition) is 4. The molecule has 1 atom stereocenters. The molecule has 1 fully saturated rings. The van der Waals surface area contributed by atoms with Crippen LogP contribution in [0.2, 0.25) is 0 Å². The molecule has 72 valence electrons. The second kappa shape index (κ2) is 3.36.